The third kappa shape index (κ3) is 2.72. The highest BCUT2D eigenvalue weighted by molar-refractivity contribution is 6.42. The Kier molecular flexibility index (Phi) is 3.28. The molecule has 0 saturated carbocycles. The lowest BCUT2D eigenvalue weighted by molar-refractivity contribution is 0.260. The molecule has 0 aliphatic carbocycles. The lowest BCUT2D eigenvalue weighted by Gasteiger charge is -2.02. The molecule has 5 heteroatoms. The fourth-order valence-electron chi connectivity index (χ4n) is 0.737. The van der Waals surface area contributed by atoms with Crippen molar-refractivity contribution in [2.24, 2.45) is 4.99 Å². The molecule has 0 saturated heterocycles. The molecule has 13 heavy (non-hydrogen) atoms. The third-order valence-electron chi connectivity index (χ3n) is 1.31. The molecular weight excluding hydrogens is 211 g/mol. The summed E-state index contributed by atoms with van der Waals surface area (Å²) in [5, 5.41) is 3.26. The van der Waals surface area contributed by atoms with Gasteiger partial charge >= 0.3 is 6.03 Å². The molecule has 2 amide bonds. The van der Waals surface area contributed by atoms with E-state index in [2.05, 4.69) is 17.0 Å². The predicted molar refractivity (Wildman–Crippen MR) is 55.0 cm³/mol. The van der Waals surface area contributed by atoms with Gasteiger partial charge in [0.05, 0.1) is 10.0 Å². The van der Waals surface area contributed by atoms with Crippen LogP contribution in [0.3, 0.4) is 0 Å². The Hall–Kier alpha value is -1.06. The van der Waals surface area contributed by atoms with Crippen molar-refractivity contribution in [2.75, 3.05) is 5.32 Å². The topological polar surface area (TPSA) is 41.5 Å². The van der Waals surface area contributed by atoms with Gasteiger partial charge in [-0.1, -0.05) is 23.2 Å². The van der Waals surface area contributed by atoms with Crippen LogP contribution in [-0.4, -0.2) is 12.7 Å². The van der Waals surface area contributed by atoms with Crippen LogP contribution in [0.15, 0.2) is 23.2 Å². The van der Waals surface area contributed by atoms with E-state index >= 15 is 0 Å². The number of benzene rings is 1. The second-order valence-corrected chi connectivity index (χ2v) is 3.03. The summed E-state index contributed by atoms with van der Waals surface area (Å²) in [4.78, 5) is 13.9. The first-order chi connectivity index (χ1) is 6.13. The predicted octanol–water partition coefficient (Wildman–Crippen LogP) is 3.23. The van der Waals surface area contributed by atoms with Crippen molar-refractivity contribution in [1.29, 1.82) is 0 Å². The van der Waals surface area contributed by atoms with Gasteiger partial charge in [0, 0.05) is 5.69 Å². The van der Waals surface area contributed by atoms with E-state index in [0.717, 1.165) is 0 Å². The van der Waals surface area contributed by atoms with Gasteiger partial charge in [-0.15, -0.1) is 0 Å². The summed E-state index contributed by atoms with van der Waals surface area (Å²) < 4.78 is 0. The lowest BCUT2D eigenvalue weighted by atomic mass is 10.3. The average molecular weight is 217 g/mol. The van der Waals surface area contributed by atoms with Gasteiger partial charge in [0.2, 0.25) is 0 Å². The molecule has 0 aliphatic heterocycles. The first-order valence-corrected chi connectivity index (χ1v) is 4.12. The number of halogens is 2. The standard InChI is InChI=1S/C8H6Cl2N2O/c1-11-8(13)12-5-2-3-6(9)7(10)4-5/h2-4H,1H2,(H,12,13). The van der Waals surface area contributed by atoms with Crippen molar-refractivity contribution in [3.05, 3.63) is 28.2 Å². The Morgan fingerprint density at radius 1 is 1.38 bits per heavy atom. The molecule has 0 aromatic heterocycles. The van der Waals surface area contributed by atoms with Crippen LogP contribution in [-0.2, 0) is 0 Å². The van der Waals surface area contributed by atoms with Crippen molar-refractivity contribution in [1.82, 2.24) is 0 Å². The van der Waals surface area contributed by atoms with Crippen LogP contribution in [0.5, 0.6) is 0 Å². The van der Waals surface area contributed by atoms with Crippen molar-refractivity contribution >= 4 is 41.6 Å². The lowest BCUT2D eigenvalue weighted by Crippen LogP contribution is -2.04. The zero-order valence-electron chi connectivity index (χ0n) is 6.55. The van der Waals surface area contributed by atoms with Crippen molar-refractivity contribution in [3.8, 4) is 0 Å². The van der Waals surface area contributed by atoms with Crippen LogP contribution in [0, 0.1) is 0 Å². The zero-order chi connectivity index (χ0) is 9.84. The quantitative estimate of drug-likeness (QED) is 0.720. The molecule has 0 atom stereocenters. The van der Waals surface area contributed by atoms with Gasteiger partial charge < -0.3 is 5.32 Å². The summed E-state index contributed by atoms with van der Waals surface area (Å²) in [6.45, 7) is 3.08. The van der Waals surface area contributed by atoms with Crippen LogP contribution in [0.2, 0.25) is 10.0 Å². The molecule has 0 bridgehead atoms. The van der Waals surface area contributed by atoms with E-state index in [1.807, 2.05) is 0 Å². The number of hydrogen-bond acceptors (Lipinski definition) is 1. The molecule has 0 radical (unpaired) electrons. The number of carbonyl (C=O) groups excluding carboxylic acids is 1. The number of anilines is 1. The smallest absolute Gasteiger partial charge is 0.306 e. The second-order valence-electron chi connectivity index (χ2n) is 2.22. The van der Waals surface area contributed by atoms with Gasteiger partial charge in [0.15, 0.2) is 0 Å². The molecule has 0 aliphatic rings. The number of nitrogens with zero attached hydrogens (tertiary/aromatic N) is 1. The fraction of sp³-hybridized carbons (Fsp3) is 0. The minimum Gasteiger partial charge on any atom is -0.306 e. The number of aliphatic imine (C=N–C) groups is 1. The maximum absolute atomic E-state index is 10.8. The number of amides is 2. The van der Waals surface area contributed by atoms with E-state index in [1.165, 1.54) is 6.07 Å². The number of carbonyl (C=O) groups is 1. The van der Waals surface area contributed by atoms with Gasteiger partial charge in [-0.2, -0.15) is 0 Å². The van der Waals surface area contributed by atoms with E-state index in [1.54, 1.807) is 12.1 Å². The molecule has 68 valence electrons. The Bertz CT molecular complexity index is 352. The third-order valence-corrected chi connectivity index (χ3v) is 2.05. The SMILES string of the molecule is C=NC(=O)Nc1ccc(Cl)c(Cl)c1. The summed E-state index contributed by atoms with van der Waals surface area (Å²) in [6.07, 6.45) is 0. The summed E-state index contributed by atoms with van der Waals surface area (Å²) in [5.41, 5.74) is 0.534. The Morgan fingerprint density at radius 3 is 2.62 bits per heavy atom. The van der Waals surface area contributed by atoms with E-state index < -0.39 is 6.03 Å². The van der Waals surface area contributed by atoms with Crippen LogP contribution in [0.25, 0.3) is 0 Å². The maximum Gasteiger partial charge on any atom is 0.344 e. The van der Waals surface area contributed by atoms with Crippen LogP contribution < -0.4 is 5.32 Å². The van der Waals surface area contributed by atoms with Gasteiger partial charge in [-0.05, 0) is 24.9 Å². The summed E-state index contributed by atoms with van der Waals surface area (Å²) in [5.74, 6) is 0. The highest BCUT2D eigenvalue weighted by Crippen LogP contribution is 2.24. The Labute approximate surface area is 85.4 Å². The number of rotatable bonds is 1. The van der Waals surface area contributed by atoms with Crippen molar-refractivity contribution < 1.29 is 4.79 Å². The summed E-state index contributed by atoms with van der Waals surface area (Å²) in [7, 11) is 0. The van der Waals surface area contributed by atoms with Crippen LogP contribution >= 0.6 is 23.2 Å². The van der Waals surface area contributed by atoms with Gasteiger partial charge in [-0.3, -0.25) is 0 Å². The van der Waals surface area contributed by atoms with E-state index in [4.69, 9.17) is 23.2 Å². The molecule has 1 aromatic rings. The Balaban J connectivity index is 2.85. The molecule has 1 N–H and O–H groups in total. The van der Waals surface area contributed by atoms with Crippen LogP contribution in [0.4, 0.5) is 10.5 Å². The largest absolute Gasteiger partial charge is 0.344 e. The fourth-order valence-corrected chi connectivity index (χ4v) is 1.03. The molecule has 0 spiro atoms. The molecule has 1 aromatic carbocycles. The van der Waals surface area contributed by atoms with E-state index in [0.29, 0.717) is 15.7 Å². The molecular formula is C8H6Cl2N2O. The molecule has 0 fully saturated rings. The number of urea groups is 1. The van der Waals surface area contributed by atoms with Crippen molar-refractivity contribution in [3.63, 3.8) is 0 Å². The van der Waals surface area contributed by atoms with Gasteiger partial charge in [0.25, 0.3) is 0 Å². The summed E-state index contributed by atoms with van der Waals surface area (Å²) >= 11 is 11.4. The van der Waals surface area contributed by atoms with Crippen LogP contribution in [0.1, 0.15) is 0 Å². The van der Waals surface area contributed by atoms with Gasteiger partial charge in [0.1, 0.15) is 0 Å². The Morgan fingerprint density at radius 2 is 2.08 bits per heavy atom. The minimum absolute atomic E-state index is 0.378. The monoisotopic (exact) mass is 216 g/mol. The first kappa shape index (κ1) is 10.0. The highest BCUT2D eigenvalue weighted by atomic mass is 35.5. The second kappa shape index (κ2) is 4.25. The maximum atomic E-state index is 10.8. The number of nitrogens with one attached hydrogen (secondary N) is 1. The van der Waals surface area contributed by atoms with E-state index in [9.17, 15) is 4.79 Å². The normalized spacial score (nSPS) is 9.38. The van der Waals surface area contributed by atoms with Crippen molar-refractivity contribution in [2.45, 2.75) is 0 Å². The molecule has 0 unspecified atom stereocenters. The van der Waals surface area contributed by atoms with Gasteiger partial charge in [-0.25, -0.2) is 9.79 Å². The molecule has 3 nitrogen and oxygen atoms in total. The highest BCUT2D eigenvalue weighted by Gasteiger charge is 2.01. The number of hydrogen-bond donors (Lipinski definition) is 1. The zero-order valence-corrected chi connectivity index (χ0v) is 8.06. The summed E-state index contributed by atoms with van der Waals surface area (Å²) in [6, 6.07) is 4.21. The molecule has 1 rings (SSSR count). The average Bonchev–Trinajstić information content (AvgIpc) is 2.11. The molecule has 0 heterocycles. The van der Waals surface area contributed by atoms with E-state index in [-0.39, 0.29) is 0 Å². The minimum atomic E-state index is -0.529. The first-order valence-electron chi connectivity index (χ1n) is 3.36.